The van der Waals surface area contributed by atoms with Gasteiger partial charge in [0.05, 0.1) is 12.7 Å². The predicted octanol–water partition coefficient (Wildman–Crippen LogP) is 3.02. The third-order valence-electron chi connectivity index (χ3n) is 5.17. The average Bonchev–Trinajstić information content (AvgIpc) is 2.79. The number of anilines is 1. The summed E-state index contributed by atoms with van der Waals surface area (Å²) in [7, 11) is 1.65. The monoisotopic (exact) mass is 388 g/mol. The minimum absolute atomic E-state index is 0.158. The third-order valence-corrected chi connectivity index (χ3v) is 5.17. The summed E-state index contributed by atoms with van der Waals surface area (Å²) in [5.41, 5.74) is 4.31. The lowest BCUT2D eigenvalue weighted by Crippen LogP contribution is -2.32. The van der Waals surface area contributed by atoms with Crippen LogP contribution in [0.3, 0.4) is 0 Å². The number of carbonyl (C=O) groups is 1. The predicted molar refractivity (Wildman–Crippen MR) is 112 cm³/mol. The molecule has 0 aliphatic carbocycles. The first-order valence-electron chi connectivity index (χ1n) is 9.78. The molecule has 1 aliphatic rings. The molecule has 6 nitrogen and oxygen atoms in total. The number of hydrogen-bond acceptors (Lipinski definition) is 5. The number of nitrogens with zero attached hydrogens (tertiary/aromatic N) is 3. The van der Waals surface area contributed by atoms with E-state index in [-0.39, 0.29) is 5.91 Å². The molecule has 0 spiro atoms. The van der Waals surface area contributed by atoms with E-state index in [1.807, 2.05) is 24.3 Å². The van der Waals surface area contributed by atoms with Gasteiger partial charge in [0.2, 0.25) is 5.95 Å². The van der Waals surface area contributed by atoms with Gasteiger partial charge in [-0.2, -0.15) is 0 Å². The molecule has 148 valence electrons. The van der Waals surface area contributed by atoms with Gasteiger partial charge in [0.1, 0.15) is 5.75 Å². The molecule has 1 N–H and O–H groups in total. The first-order chi connectivity index (χ1) is 14.2. The molecule has 4 rings (SSSR count). The van der Waals surface area contributed by atoms with E-state index in [9.17, 15) is 4.79 Å². The molecule has 0 bridgehead atoms. The Balaban J connectivity index is 1.31. The molecule has 1 amide bonds. The maximum atomic E-state index is 12.4. The quantitative estimate of drug-likeness (QED) is 0.703. The maximum Gasteiger partial charge on any atom is 0.254 e. The lowest BCUT2D eigenvalue weighted by atomic mass is 10.0. The van der Waals surface area contributed by atoms with E-state index in [0.717, 1.165) is 37.2 Å². The number of nitrogens with one attached hydrogen (secondary N) is 1. The smallest absolute Gasteiger partial charge is 0.254 e. The lowest BCUT2D eigenvalue weighted by Gasteiger charge is -2.28. The zero-order chi connectivity index (χ0) is 20.1. The highest BCUT2D eigenvalue weighted by molar-refractivity contribution is 5.93. The van der Waals surface area contributed by atoms with Crippen LogP contribution in [0.15, 0.2) is 60.9 Å². The molecule has 6 heteroatoms. The van der Waals surface area contributed by atoms with Crippen LogP contribution in [0.4, 0.5) is 5.95 Å². The molecule has 0 saturated heterocycles. The van der Waals surface area contributed by atoms with Crippen molar-refractivity contribution in [1.29, 1.82) is 0 Å². The summed E-state index contributed by atoms with van der Waals surface area (Å²) in [6.07, 6.45) is 4.94. The van der Waals surface area contributed by atoms with Crippen LogP contribution >= 0.6 is 0 Å². The van der Waals surface area contributed by atoms with Crippen LogP contribution in [0, 0.1) is 0 Å². The van der Waals surface area contributed by atoms with Crippen molar-refractivity contribution in [3.8, 4) is 5.75 Å². The minimum atomic E-state index is -0.158. The van der Waals surface area contributed by atoms with Gasteiger partial charge in [-0.3, -0.25) is 4.79 Å². The maximum absolute atomic E-state index is 12.4. The van der Waals surface area contributed by atoms with E-state index in [4.69, 9.17) is 4.74 Å². The number of ether oxygens (including phenoxy) is 1. The topological polar surface area (TPSA) is 67.3 Å². The first-order valence-corrected chi connectivity index (χ1v) is 9.78. The standard InChI is InChI=1S/C23H24N4O2/c1-29-21-8-6-17(7-9-21)10-12-24-22(28)20-14-25-23(26-15-20)27-13-11-18-4-2-3-5-19(18)16-27/h2-9,14-15H,10-13,16H2,1H3,(H,24,28). The van der Waals surface area contributed by atoms with Crippen molar-refractivity contribution in [2.24, 2.45) is 0 Å². The van der Waals surface area contributed by atoms with Crippen molar-refractivity contribution in [3.05, 3.63) is 83.2 Å². The van der Waals surface area contributed by atoms with Crippen molar-refractivity contribution < 1.29 is 9.53 Å². The van der Waals surface area contributed by atoms with Gasteiger partial charge in [-0.1, -0.05) is 36.4 Å². The third kappa shape index (κ3) is 4.54. The van der Waals surface area contributed by atoms with Crippen LogP contribution in [0.1, 0.15) is 27.0 Å². The van der Waals surface area contributed by atoms with Gasteiger partial charge in [0.25, 0.3) is 5.91 Å². The highest BCUT2D eigenvalue weighted by atomic mass is 16.5. The lowest BCUT2D eigenvalue weighted by molar-refractivity contribution is 0.0953. The number of rotatable bonds is 6. The van der Waals surface area contributed by atoms with Crippen molar-refractivity contribution in [2.45, 2.75) is 19.4 Å². The highest BCUT2D eigenvalue weighted by Gasteiger charge is 2.18. The molecule has 1 aliphatic heterocycles. The van der Waals surface area contributed by atoms with Crippen LogP contribution in [-0.2, 0) is 19.4 Å². The van der Waals surface area contributed by atoms with E-state index >= 15 is 0 Å². The number of benzene rings is 2. The summed E-state index contributed by atoms with van der Waals surface area (Å²) < 4.78 is 5.15. The van der Waals surface area contributed by atoms with Crippen molar-refractivity contribution in [3.63, 3.8) is 0 Å². The van der Waals surface area contributed by atoms with Gasteiger partial charge in [0, 0.05) is 32.0 Å². The second-order valence-corrected chi connectivity index (χ2v) is 7.07. The fourth-order valence-corrected chi connectivity index (χ4v) is 3.48. The number of hydrogen-bond donors (Lipinski definition) is 1. The summed E-state index contributed by atoms with van der Waals surface area (Å²) in [5.74, 6) is 1.33. The van der Waals surface area contributed by atoms with Crippen LogP contribution in [0.2, 0.25) is 0 Å². The molecular weight excluding hydrogens is 364 g/mol. The summed E-state index contributed by atoms with van der Waals surface area (Å²) in [4.78, 5) is 23.4. The van der Waals surface area contributed by atoms with Gasteiger partial charge in [-0.25, -0.2) is 9.97 Å². The van der Waals surface area contributed by atoms with Gasteiger partial charge >= 0.3 is 0 Å². The molecule has 2 aromatic carbocycles. The Morgan fingerprint density at radius 3 is 2.52 bits per heavy atom. The fraction of sp³-hybridized carbons (Fsp3) is 0.261. The minimum Gasteiger partial charge on any atom is -0.497 e. The van der Waals surface area contributed by atoms with Crippen LogP contribution in [0.5, 0.6) is 5.75 Å². The summed E-state index contributed by atoms with van der Waals surface area (Å²) >= 11 is 0. The number of carbonyl (C=O) groups excluding carboxylic acids is 1. The van der Waals surface area contributed by atoms with Crippen LogP contribution in [0.25, 0.3) is 0 Å². The van der Waals surface area contributed by atoms with E-state index in [2.05, 4.69) is 44.5 Å². The highest BCUT2D eigenvalue weighted by Crippen LogP contribution is 2.21. The molecule has 0 fully saturated rings. The number of fused-ring (bicyclic) bond motifs is 1. The molecule has 2 heterocycles. The molecule has 0 atom stereocenters. The second-order valence-electron chi connectivity index (χ2n) is 7.07. The van der Waals surface area contributed by atoms with Gasteiger partial charge in [0.15, 0.2) is 0 Å². The number of amides is 1. The van der Waals surface area contributed by atoms with E-state index < -0.39 is 0 Å². The fourth-order valence-electron chi connectivity index (χ4n) is 3.48. The van der Waals surface area contributed by atoms with Crippen molar-refractivity contribution in [1.82, 2.24) is 15.3 Å². The van der Waals surface area contributed by atoms with Gasteiger partial charge in [-0.05, 0) is 41.7 Å². The molecular formula is C23H24N4O2. The Morgan fingerprint density at radius 1 is 1.07 bits per heavy atom. The van der Waals surface area contributed by atoms with E-state index in [1.165, 1.54) is 11.1 Å². The normalized spacial score (nSPS) is 12.9. The Kier molecular flexibility index (Phi) is 5.70. The van der Waals surface area contributed by atoms with Crippen molar-refractivity contribution >= 4 is 11.9 Å². The van der Waals surface area contributed by atoms with Crippen LogP contribution in [-0.4, -0.2) is 36.1 Å². The Bertz CT molecular complexity index is 971. The molecule has 3 aromatic rings. The average molecular weight is 388 g/mol. The molecule has 1 aromatic heterocycles. The first kappa shape index (κ1) is 18.9. The summed E-state index contributed by atoms with van der Waals surface area (Å²) in [6, 6.07) is 16.3. The Hall–Kier alpha value is -3.41. The Labute approximate surface area is 170 Å². The zero-order valence-electron chi connectivity index (χ0n) is 16.5. The van der Waals surface area contributed by atoms with Gasteiger partial charge < -0.3 is 15.0 Å². The molecule has 29 heavy (non-hydrogen) atoms. The van der Waals surface area contributed by atoms with Crippen LogP contribution < -0.4 is 15.0 Å². The van der Waals surface area contributed by atoms with Gasteiger partial charge in [-0.15, -0.1) is 0 Å². The molecule has 0 saturated carbocycles. The number of aromatic nitrogens is 2. The zero-order valence-corrected chi connectivity index (χ0v) is 16.5. The SMILES string of the molecule is COc1ccc(CCNC(=O)c2cnc(N3CCc4ccccc4C3)nc2)cc1. The molecule has 0 unspecified atom stereocenters. The largest absolute Gasteiger partial charge is 0.497 e. The number of methoxy groups -OCH3 is 1. The second kappa shape index (κ2) is 8.73. The van der Waals surface area contributed by atoms with E-state index in [1.54, 1.807) is 19.5 Å². The summed E-state index contributed by atoms with van der Waals surface area (Å²) in [6.45, 7) is 2.23. The Morgan fingerprint density at radius 2 is 1.79 bits per heavy atom. The molecule has 0 radical (unpaired) electrons. The van der Waals surface area contributed by atoms with E-state index in [0.29, 0.717) is 18.1 Å². The van der Waals surface area contributed by atoms with Crippen molar-refractivity contribution in [2.75, 3.05) is 25.1 Å². The summed E-state index contributed by atoms with van der Waals surface area (Å²) in [5, 5.41) is 2.92.